The van der Waals surface area contributed by atoms with Gasteiger partial charge >= 0.3 is 6.18 Å². The van der Waals surface area contributed by atoms with E-state index in [1.165, 1.54) is 18.2 Å². The number of benzene rings is 3. The highest BCUT2D eigenvalue weighted by atomic mass is 19.4. The largest absolute Gasteiger partial charge is 0.503 e. The van der Waals surface area contributed by atoms with Gasteiger partial charge in [-0.15, -0.1) is 0 Å². The number of aliphatic hydroxyl groups is 1. The summed E-state index contributed by atoms with van der Waals surface area (Å²) in [6.07, 6.45) is -1.84. The van der Waals surface area contributed by atoms with Crippen molar-refractivity contribution in [1.29, 1.82) is 0 Å². The van der Waals surface area contributed by atoms with Crippen molar-refractivity contribution in [1.82, 2.24) is 0 Å². The number of alkyl halides is 3. The third-order valence-electron chi connectivity index (χ3n) is 5.27. The maximum atomic E-state index is 13.3. The molecule has 1 N–H and O–H groups in total. The van der Waals surface area contributed by atoms with Gasteiger partial charge in [0.2, 0.25) is 0 Å². The topological polar surface area (TPSA) is 57.6 Å². The molecule has 0 saturated heterocycles. The first-order valence-corrected chi connectivity index (χ1v) is 10.0. The Hall–Kier alpha value is -4.13. The highest BCUT2D eigenvalue weighted by Crippen LogP contribution is 2.42. The molecule has 4 rings (SSSR count). The van der Waals surface area contributed by atoms with Gasteiger partial charge in [-0.25, -0.2) is 0 Å². The number of nitrogens with zero attached hydrogens (tertiary/aromatic N) is 1. The standard InChI is InChI=1S/C26H18F3NO3/c27-26(28,29)19-12-7-13-20(16-19)30-23(18-10-5-2-6-11-18)22(24(32)25(30)33)21(31)15-14-17-8-3-1-4-9-17/h1-16,23,32H/b15-14+/t23-/m0/s1. The van der Waals surface area contributed by atoms with Crippen molar-refractivity contribution in [3.8, 4) is 0 Å². The van der Waals surface area contributed by atoms with Gasteiger partial charge in [0.05, 0.1) is 17.2 Å². The van der Waals surface area contributed by atoms with E-state index in [0.29, 0.717) is 5.56 Å². The van der Waals surface area contributed by atoms with E-state index in [1.807, 2.05) is 6.07 Å². The second-order valence-corrected chi connectivity index (χ2v) is 7.41. The lowest BCUT2D eigenvalue weighted by atomic mass is 9.95. The summed E-state index contributed by atoms with van der Waals surface area (Å²) in [7, 11) is 0. The number of allylic oxidation sites excluding steroid dienone is 1. The summed E-state index contributed by atoms with van der Waals surface area (Å²) in [5.74, 6) is -2.35. The molecule has 0 radical (unpaired) electrons. The van der Waals surface area contributed by atoms with Crippen molar-refractivity contribution in [3.05, 3.63) is 119 Å². The third-order valence-corrected chi connectivity index (χ3v) is 5.27. The Labute approximate surface area is 187 Å². The average molecular weight is 449 g/mol. The zero-order chi connectivity index (χ0) is 23.6. The number of rotatable bonds is 5. The van der Waals surface area contributed by atoms with Gasteiger partial charge in [-0.05, 0) is 35.4 Å². The molecule has 0 bridgehead atoms. The van der Waals surface area contributed by atoms with Crippen LogP contribution in [-0.2, 0) is 15.8 Å². The lowest BCUT2D eigenvalue weighted by molar-refractivity contribution is -0.137. The molecule has 0 fully saturated rings. The molecule has 33 heavy (non-hydrogen) atoms. The molecular formula is C26H18F3NO3. The molecule has 4 nitrogen and oxygen atoms in total. The van der Waals surface area contributed by atoms with Gasteiger partial charge in [0.1, 0.15) is 0 Å². The summed E-state index contributed by atoms with van der Waals surface area (Å²) in [6.45, 7) is 0. The molecule has 0 aromatic heterocycles. The fourth-order valence-corrected chi connectivity index (χ4v) is 3.73. The molecule has 1 amide bonds. The molecule has 7 heteroatoms. The van der Waals surface area contributed by atoms with Gasteiger partial charge in [0, 0.05) is 5.69 Å². The second kappa shape index (κ2) is 8.78. The van der Waals surface area contributed by atoms with Gasteiger partial charge in [-0.2, -0.15) is 13.2 Å². The molecule has 166 valence electrons. The van der Waals surface area contributed by atoms with Crippen LogP contribution in [-0.4, -0.2) is 16.8 Å². The number of hydrogen-bond acceptors (Lipinski definition) is 3. The molecule has 1 aliphatic rings. The highest BCUT2D eigenvalue weighted by molar-refractivity contribution is 6.19. The van der Waals surface area contributed by atoms with Crippen LogP contribution in [0.5, 0.6) is 0 Å². The van der Waals surface area contributed by atoms with Gasteiger partial charge < -0.3 is 5.11 Å². The fourth-order valence-electron chi connectivity index (χ4n) is 3.73. The van der Waals surface area contributed by atoms with Gasteiger partial charge in [0.15, 0.2) is 11.5 Å². The summed E-state index contributed by atoms with van der Waals surface area (Å²) in [5.41, 5.74) is -0.00579. The van der Waals surface area contributed by atoms with Crippen LogP contribution < -0.4 is 4.90 Å². The molecule has 0 spiro atoms. The maximum Gasteiger partial charge on any atom is 0.416 e. The highest BCUT2D eigenvalue weighted by Gasteiger charge is 2.44. The summed E-state index contributed by atoms with van der Waals surface area (Å²) in [6, 6.07) is 20.5. The molecule has 1 heterocycles. The van der Waals surface area contributed by atoms with Gasteiger partial charge in [-0.1, -0.05) is 72.8 Å². The van der Waals surface area contributed by atoms with Crippen LogP contribution in [0, 0.1) is 0 Å². The van der Waals surface area contributed by atoms with Crippen LogP contribution in [0.15, 0.2) is 102 Å². The van der Waals surface area contributed by atoms with E-state index in [0.717, 1.165) is 22.6 Å². The first-order valence-electron chi connectivity index (χ1n) is 10.0. The van der Waals surface area contributed by atoms with Crippen molar-refractivity contribution in [2.24, 2.45) is 0 Å². The van der Waals surface area contributed by atoms with Crippen LogP contribution in [0.3, 0.4) is 0 Å². The summed E-state index contributed by atoms with van der Waals surface area (Å²) >= 11 is 0. The van der Waals surface area contributed by atoms with Crippen LogP contribution in [0.4, 0.5) is 18.9 Å². The number of carbonyl (C=O) groups is 2. The van der Waals surface area contributed by atoms with E-state index in [-0.39, 0.29) is 11.3 Å². The Bertz CT molecular complexity index is 1250. The zero-order valence-corrected chi connectivity index (χ0v) is 17.2. The first kappa shape index (κ1) is 22.1. The number of anilines is 1. The number of amides is 1. The average Bonchev–Trinajstić information content (AvgIpc) is 3.09. The minimum atomic E-state index is -4.62. The van der Waals surface area contributed by atoms with Crippen LogP contribution in [0.2, 0.25) is 0 Å². The second-order valence-electron chi connectivity index (χ2n) is 7.41. The van der Waals surface area contributed by atoms with E-state index >= 15 is 0 Å². The molecule has 0 unspecified atom stereocenters. The fraction of sp³-hybridized carbons (Fsp3) is 0.0769. The van der Waals surface area contributed by atoms with E-state index in [2.05, 4.69) is 0 Å². The summed E-state index contributed by atoms with van der Waals surface area (Å²) in [5, 5.41) is 10.6. The first-order chi connectivity index (χ1) is 15.8. The van der Waals surface area contributed by atoms with E-state index in [9.17, 15) is 27.9 Å². The van der Waals surface area contributed by atoms with E-state index in [1.54, 1.807) is 60.7 Å². The quantitative estimate of drug-likeness (QED) is 0.495. The smallest absolute Gasteiger partial charge is 0.416 e. The van der Waals surface area contributed by atoms with Crippen molar-refractivity contribution in [2.45, 2.75) is 12.2 Å². The molecule has 1 atom stereocenters. The summed E-state index contributed by atoms with van der Waals surface area (Å²) < 4.78 is 39.9. The SMILES string of the molecule is O=C(/C=C/c1ccccc1)C1=C(O)C(=O)N(c2cccc(C(F)(F)F)c2)[C@H]1c1ccccc1. The lowest BCUT2D eigenvalue weighted by Gasteiger charge is -2.27. The normalized spacial score (nSPS) is 16.6. The number of carbonyl (C=O) groups excluding carboxylic acids is 2. The van der Waals surface area contributed by atoms with Crippen molar-refractivity contribution in [3.63, 3.8) is 0 Å². The molecule has 3 aromatic rings. The van der Waals surface area contributed by atoms with Crippen LogP contribution >= 0.6 is 0 Å². The van der Waals surface area contributed by atoms with Crippen LogP contribution in [0.1, 0.15) is 22.7 Å². The molecule has 3 aromatic carbocycles. The number of halogens is 3. The van der Waals surface area contributed by atoms with Crippen molar-refractivity contribution >= 4 is 23.5 Å². The Kier molecular flexibility index (Phi) is 5.87. The van der Waals surface area contributed by atoms with E-state index in [4.69, 9.17) is 0 Å². The number of ketones is 1. The summed E-state index contributed by atoms with van der Waals surface area (Å²) in [4.78, 5) is 27.1. The molecule has 0 saturated carbocycles. The third kappa shape index (κ3) is 4.43. The Balaban J connectivity index is 1.79. The molecule has 1 aliphatic heterocycles. The predicted molar refractivity (Wildman–Crippen MR) is 118 cm³/mol. The molecular weight excluding hydrogens is 431 g/mol. The number of aliphatic hydroxyl groups excluding tert-OH is 1. The Morgan fingerprint density at radius 1 is 0.909 bits per heavy atom. The van der Waals surface area contributed by atoms with E-state index < -0.39 is 35.2 Å². The van der Waals surface area contributed by atoms with Crippen molar-refractivity contribution < 1.29 is 27.9 Å². The maximum absolute atomic E-state index is 13.3. The Morgan fingerprint density at radius 3 is 2.18 bits per heavy atom. The predicted octanol–water partition coefficient (Wildman–Crippen LogP) is 5.89. The lowest BCUT2D eigenvalue weighted by Crippen LogP contribution is -2.31. The van der Waals surface area contributed by atoms with Gasteiger partial charge in [0.25, 0.3) is 5.91 Å². The van der Waals surface area contributed by atoms with Crippen LogP contribution in [0.25, 0.3) is 6.08 Å². The Morgan fingerprint density at radius 2 is 1.55 bits per heavy atom. The minimum Gasteiger partial charge on any atom is -0.503 e. The van der Waals surface area contributed by atoms with Crippen molar-refractivity contribution in [2.75, 3.05) is 4.90 Å². The molecule has 0 aliphatic carbocycles. The monoisotopic (exact) mass is 449 g/mol. The zero-order valence-electron chi connectivity index (χ0n) is 17.2. The minimum absolute atomic E-state index is 0.0786. The van der Waals surface area contributed by atoms with Gasteiger partial charge in [-0.3, -0.25) is 14.5 Å². The number of hydrogen-bond donors (Lipinski definition) is 1.